The number of nitrogens with one attached hydrogen (secondary N) is 1. The van der Waals surface area contributed by atoms with Gasteiger partial charge in [-0.25, -0.2) is 4.98 Å². The highest BCUT2D eigenvalue weighted by Crippen LogP contribution is 2.41. The predicted molar refractivity (Wildman–Crippen MR) is 186 cm³/mol. The first-order valence-corrected chi connectivity index (χ1v) is 15.6. The summed E-state index contributed by atoms with van der Waals surface area (Å²) in [5.41, 5.74) is 15.4. The number of nitrogens with zero attached hydrogens (tertiary/aromatic N) is 4. The molecule has 3 aromatic heterocycles. The van der Waals surface area contributed by atoms with E-state index in [2.05, 4.69) is 28.1 Å². The van der Waals surface area contributed by atoms with Crippen LogP contribution in [0.5, 0.6) is 0 Å². The summed E-state index contributed by atoms with van der Waals surface area (Å²) in [6.45, 7) is 6.47. The standard InChI is InChI=1S/C20H23N3O2.C16H21N3O2/c1-13-10-16(12-22(2)20(13)24)15-6-7-17-18(11-15)23(8-9-25-3)19(21-17)14-4-5-14;1-11-8-13(10-19(2)16(11)20)12-4-5-14(17)15(9-12)18-6-7-21-3/h6-7,10-12,14H,4-5,8-9H2,1-3H3;4-5,8-10,18H,6-7,17H2,1-3H3. The van der Waals surface area contributed by atoms with Gasteiger partial charge < -0.3 is 34.2 Å². The molecule has 0 amide bonds. The fraction of sp³-hybridized carbons (Fsp3) is 0.361. The fourth-order valence-corrected chi connectivity index (χ4v) is 5.64. The summed E-state index contributed by atoms with van der Waals surface area (Å²) in [5.74, 6) is 1.77. The van der Waals surface area contributed by atoms with Crippen molar-refractivity contribution in [3.05, 3.63) is 98.6 Å². The minimum atomic E-state index is 0.0210. The number of nitrogen functional groups attached to an aromatic ring is 1. The van der Waals surface area contributed by atoms with Gasteiger partial charge >= 0.3 is 0 Å². The normalized spacial score (nSPS) is 12.7. The molecule has 0 unspecified atom stereocenters. The molecule has 1 saturated carbocycles. The first-order chi connectivity index (χ1) is 22.1. The van der Waals surface area contributed by atoms with Gasteiger partial charge in [0.25, 0.3) is 11.1 Å². The maximum atomic E-state index is 12.0. The summed E-state index contributed by atoms with van der Waals surface area (Å²) < 4.78 is 15.9. The molecule has 1 aliphatic carbocycles. The van der Waals surface area contributed by atoms with Crippen LogP contribution >= 0.6 is 0 Å². The van der Waals surface area contributed by atoms with Crippen LogP contribution in [0.15, 0.2) is 70.5 Å². The Morgan fingerprint density at radius 2 is 1.41 bits per heavy atom. The molecule has 0 bridgehead atoms. The van der Waals surface area contributed by atoms with Crippen molar-refractivity contribution in [1.29, 1.82) is 0 Å². The number of anilines is 2. The third-order valence-corrected chi connectivity index (χ3v) is 8.31. The molecule has 6 rings (SSSR count). The van der Waals surface area contributed by atoms with Crippen LogP contribution in [0.25, 0.3) is 33.3 Å². The van der Waals surface area contributed by atoms with E-state index in [1.807, 2.05) is 56.6 Å². The van der Waals surface area contributed by atoms with Crippen molar-refractivity contribution in [1.82, 2.24) is 18.7 Å². The maximum absolute atomic E-state index is 12.0. The van der Waals surface area contributed by atoms with E-state index in [-0.39, 0.29) is 11.1 Å². The molecule has 10 heteroatoms. The topological polar surface area (TPSA) is 118 Å². The van der Waals surface area contributed by atoms with Crippen LogP contribution in [0.2, 0.25) is 0 Å². The molecule has 3 heterocycles. The van der Waals surface area contributed by atoms with Gasteiger partial charge in [-0.15, -0.1) is 0 Å². The first kappa shape index (κ1) is 32.7. The highest BCUT2D eigenvalue weighted by molar-refractivity contribution is 5.83. The summed E-state index contributed by atoms with van der Waals surface area (Å²) in [6, 6.07) is 16.0. The van der Waals surface area contributed by atoms with E-state index >= 15 is 0 Å². The lowest BCUT2D eigenvalue weighted by atomic mass is 10.0. The molecule has 0 spiro atoms. The number of benzene rings is 2. The number of aromatic nitrogens is 4. The van der Waals surface area contributed by atoms with Crippen LogP contribution in [0, 0.1) is 13.8 Å². The number of methoxy groups -OCH3 is 2. The van der Waals surface area contributed by atoms with Crippen molar-refractivity contribution in [2.45, 2.75) is 39.2 Å². The molecule has 0 atom stereocenters. The molecule has 10 nitrogen and oxygen atoms in total. The Balaban J connectivity index is 0.000000184. The summed E-state index contributed by atoms with van der Waals surface area (Å²) in [5, 5.41) is 3.25. The number of pyridine rings is 2. The van der Waals surface area contributed by atoms with Crippen LogP contribution in [0.4, 0.5) is 11.4 Å². The molecule has 46 heavy (non-hydrogen) atoms. The lowest BCUT2D eigenvalue weighted by Crippen LogP contribution is -2.18. The maximum Gasteiger partial charge on any atom is 0.253 e. The van der Waals surface area contributed by atoms with E-state index in [1.54, 1.807) is 37.4 Å². The molecule has 1 aliphatic rings. The van der Waals surface area contributed by atoms with Gasteiger partial charge in [-0.3, -0.25) is 9.59 Å². The number of rotatable bonds is 10. The van der Waals surface area contributed by atoms with E-state index in [4.69, 9.17) is 20.2 Å². The number of fused-ring (bicyclic) bond motifs is 1. The smallest absolute Gasteiger partial charge is 0.253 e. The molecular formula is C36H44N6O4. The second-order valence-corrected chi connectivity index (χ2v) is 12.0. The van der Waals surface area contributed by atoms with Gasteiger partial charge in [0.05, 0.1) is 35.6 Å². The Kier molecular flexibility index (Phi) is 10.1. The Morgan fingerprint density at radius 1 is 0.826 bits per heavy atom. The van der Waals surface area contributed by atoms with E-state index in [0.29, 0.717) is 31.4 Å². The minimum Gasteiger partial charge on any atom is -0.397 e. The van der Waals surface area contributed by atoms with Crippen LogP contribution in [0.1, 0.15) is 35.7 Å². The molecule has 3 N–H and O–H groups in total. The summed E-state index contributed by atoms with van der Waals surface area (Å²) >= 11 is 0. The molecule has 1 fully saturated rings. The lowest BCUT2D eigenvalue weighted by molar-refractivity contribution is 0.187. The zero-order valence-corrected chi connectivity index (χ0v) is 27.6. The molecule has 242 valence electrons. The largest absolute Gasteiger partial charge is 0.397 e. The monoisotopic (exact) mass is 624 g/mol. The Labute approximate surface area is 269 Å². The van der Waals surface area contributed by atoms with Gasteiger partial charge in [0.2, 0.25) is 0 Å². The number of aryl methyl sites for hydroxylation is 4. The second-order valence-electron chi connectivity index (χ2n) is 12.0. The van der Waals surface area contributed by atoms with Gasteiger partial charge in [-0.2, -0.15) is 0 Å². The van der Waals surface area contributed by atoms with Crippen molar-refractivity contribution < 1.29 is 9.47 Å². The first-order valence-electron chi connectivity index (χ1n) is 15.6. The highest BCUT2D eigenvalue weighted by atomic mass is 16.5. The second kappa shape index (κ2) is 14.2. The number of hydrogen-bond donors (Lipinski definition) is 2. The van der Waals surface area contributed by atoms with Crippen LogP contribution in [-0.2, 0) is 30.1 Å². The van der Waals surface area contributed by atoms with Crippen molar-refractivity contribution >= 4 is 22.4 Å². The van der Waals surface area contributed by atoms with Gasteiger partial charge in [0.15, 0.2) is 0 Å². The van der Waals surface area contributed by atoms with Crippen molar-refractivity contribution in [2.24, 2.45) is 14.1 Å². The Morgan fingerprint density at radius 3 is 1.98 bits per heavy atom. The van der Waals surface area contributed by atoms with Crippen molar-refractivity contribution in [3.63, 3.8) is 0 Å². The predicted octanol–water partition coefficient (Wildman–Crippen LogP) is 5.24. The van der Waals surface area contributed by atoms with Gasteiger partial charge in [-0.1, -0.05) is 12.1 Å². The Bertz CT molecular complexity index is 1920. The molecule has 5 aromatic rings. The van der Waals surface area contributed by atoms with E-state index in [1.165, 1.54) is 18.7 Å². The average molecular weight is 625 g/mol. The van der Waals surface area contributed by atoms with Gasteiger partial charge in [0, 0.05) is 70.8 Å². The van der Waals surface area contributed by atoms with E-state index in [0.717, 1.165) is 56.6 Å². The van der Waals surface area contributed by atoms with Crippen LogP contribution in [0.3, 0.4) is 0 Å². The highest BCUT2D eigenvalue weighted by Gasteiger charge is 2.29. The number of ether oxygens (including phenoxy) is 2. The zero-order valence-electron chi connectivity index (χ0n) is 27.6. The van der Waals surface area contributed by atoms with Crippen LogP contribution in [-0.4, -0.2) is 52.7 Å². The quantitative estimate of drug-likeness (QED) is 0.161. The Hall–Kier alpha value is -4.67. The summed E-state index contributed by atoms with van der Waals surface area (Å²) in [6.07, 6.45) is 6.18. The summed E-state index contributed by atoms with van der Waals surface area (Å²) in [7, 11) is 6.95. The average Bonchev–Trinajstić information content (AvgIpc) is 3.83. The van der Waals surface area contributed by atoms with Gasteiger partial charge in [0.1, 0.15) is 5.82 Å². The molecule has 2 aromatic carbocycles. The van der Waals surface area contributed by atoms with Crippen molar-refractivity contribution in [3.8, 4) is 22.3 Å². The fourth-order valence-electron chi connectivity index (χ4n) is 5.64. The third-order valence-electron chi connectivity index (χ3n) is 8.31. The van der Waals surface area contributed by atoms with Crippen molar-refractivity contribution in [2.75, 3.05) is 45.0 Å². The number of hydrogen-bond acceptors (Lipinski definition) is 7. The third kappa shape index (κ3) is 7.24. The number of nitrogens with two attached hydrogens (primary N) is 1. The van der Waals surface area contributed by atoms with E-state index in [9.17, 15) is 9.59 Å². The summed E-state index contributed by atoms with van der Waals surface area (Å²) in [4.78, 5) is 28.6. The zero-order chi connectivity index (χ0) is 33.0. The molecular weight excluding hydrogens is 580 g/mol. The molecule has 0 radical (unpaired) electrons. The number of imidazole rings is 1. The SMILES string of the molecule is COCCNc1cc(-c2cc(C)c(=O)n(C)c2)ccc1N.COCCn1c(C2CC2)nc2ccc(-c3cc(C)c(=O)n(C)c3)cc21. The van der Waals surface area contributed by atoms with Crippen LogP contribution < -0.4 is 22.2 Å². The van der Waals surface area contributed by atoms with E-state index < -0.39 is 0 Å². The molecule has 0 saturated heterocycles. The lowest BCUT2D eigenvalue weighted by Gasteiger charge is -2.12. The minimum absolute atomic E-state index is 0.0210. The molecule has 0 aliphatic heterocycles. The van der Waals surface area contributed by atoms with Gasteiger partial charge in [-0.05, 0) is 85.3 Å².